The molecule has 0 aromatic heterocycles. The summed E-state index contributed by atoms with van der Waals surface area (Å²) in [4.78, 5) is 1.02. The third kappa shape index (κ3) is 4.91. The van der Waals surface area contributed by atoms with Gasteiger partial charge in [-0.15, -0.1) is 0 Å². The van der Waals surface area contributed by atoms with Gasteiger partial charge in [-0.2, -0.15) is 0 Å². The van der Waals surface area contributed by atoms with Crippen LogP contribution in [0, 0.1) is 0 Å². The lowest BCUT2D eigenvalue weighted by atomic mass is 9.98. The molecule has 6 heteroatoms. The monoisotopic (exact) mass is 450 g/mol. The van der Waals surface area contributed by atoms with Crippen LogP contribution in [0.5, 0.6) is 0 Å². The van der Waals surface area contributed by atoms with Gasteiger partial charge in [-0.1, -0.05) is 90.6 Å². The number of rotatable bonds is 6. The molecule has 5 rings (SSSR count). The van der Waals surface area contributed by atoms with Gasteiger partial charge in [0.2, 0.25) is 0 Å². The van der Waals surface area contributed by atoms with E-state index in [-0.39, 0.29) is 6.10 Å². The molecule has 2 fully saturated rings. The Morgan fingerprint density at radius 1 is 0.844 bits per heavy atom. The largest absolute Gasteiger partial charge is 0.387 e. The topological polar surface area (TPSA) is 57.2 Å². The zero-order valence-electron chi connectivity index (χ0n) is 17.5. The molecule has 0 bridgehead atoms. The summed E-state index contributed by atoms with van der Waals surface area (Å²) in [5.74, 6) is 0. The molecule has 2 aliphatic rings. The van der Waals surface area contributed by atoms with Crippen molar-refractivity contribution in [3.8, 4) is 0 Å². The number of benzene rings is 3. The van der Waals surface area contributed by atoms with Crippen LogP contribution in [-0.4, -0.2) is 41.6 Å². The number of hydrogen-bond acceptors (Lipinski definition) is 6. The summed E-state index contributed by atoms with van der Waals surface area (Å²) in [6, 6.07) is 29.7. The van der Waals surface area contributed by atoms with E-state index in [9.17, 15) is 5.11 Å². The van der Waals surface area contributed by atoms with Gasteiger partial charge in [-0.05, 0) is 17.7 Å². The van der Waals surface area contributed by atoms with E-state index in [0.717, 1.165) is 16.0 Å². The molecule has 3 aromatic rings. The first-order chi connectivity index (χ1) is 15.8. The van der Waals surface area contributed by atoms with Gasteiger partial charge in [0.05, 0.1) is 13.2 Å². The minimum Gasteiger partial charge on any atom is -0.387 e. The summed E-state index contributed by atoms with van der Waals surface area (Å²) in [7, 11) is 0. The molecule has 0 aliphatic carbocycles. The Morgan fingerprint density at radius 2 is 1.50 bits per heavy atom. The number of aliphatic hydroxyl groups excluding tert-OH is 1. The van der Waals surface area contributed by atoms with E-state index in [1.165, 1.54) is 11.8 Å². The highest BCUT2D eigenvalue weighted by Gasteiger charge is 2.50. The Bertz CT molecular complexity index is 971. The molecular weight excluding hydrogens is 424 g/mol. The fourth-order valence-electron chi connectivity index (χ4n) is 4.03. The Balaban J connectivity index is 1.36. The highest BCUT2D eigenvalue weighted by molar-refractivity contribution is 7.99. The molecule has 3 aromatic carbocycles. The Morgan fingerprint density at radius 3 is 2.22 bits per heavy atom. The molecule has 2 aliphatic heterocycles. The van der Waals surface area contributed by atoms with Crippen molar-refractivity contribution < 1.29 is 24.1 Å². The van der Waals surface area contributed by atoms with Crippen LogP contribution < -0.4 is 0 Å². The van der Waals surface area contributed by atoms with Gasteiger partial charge in [0.15, 0.2) is 6.29 Å². The van der Waals surface area contributed by atoms with E-state index in [0.29, 0.717) is 13.2 Å². The van der Waals surface area contributed by atoms with Gasteiger partial charge in [0.25, 0.3) is 0 Å². The van der Waals surface area contributed by atoms with Gasteiger partial charge in [-0.3, -0.25) is 0 Å². The number of hydrogen-bond donors (Lipinski definition) is 1. The Hall–Kier alpha value is -2.19. The number of aliphatic hydroxyl groups is 1. The van der Waals surface area contributed by atoms with Crippen LogP contribution in [0.4, 0.5) is 0 Å². The van der Waals surface area contributed by atoms with Crippen molar-refractivity contribution in [1.29, 1.82) is 0 Å². The minimum atomic E-state index is -0.861. The molecular formula is C26H26O5S. The molecule has 32 heavy (non-hydrogen) atoms. The average Bonchev–Trinajstić information content (AvgIpc) is 2.86. The second-order valence-electron chi connectivity index (χ2n) is 7.90. The van der Waals surface area contributed by atoms with Crippen LogP contribution in [0.2, 0.25) is 0 Å². The van der Waals surface area contributed by atoms with Crippen LogP contribution in [0.1, 0.15) is 17.4 Å². The first kappa shape index (κ1) is 21.6. The molecule has 5 nitrogen and oxygen atoms in total. The van der Waals surface area contributed by atoms with E-state index < -0.39 is 30.0 Å². The van der Waals surface area contributed by atoms with E-state index in [1.807, 2.05) is 91.0 Å². The minimum absolute atomic E-state index is 0.333. The third-order valence-corrected chi connectivity index (χ3v) is 6.83. The van der Waals surface area contributed by atoms with Crippen molar-refractivity contribution >= 4 is 11.8 Å². The van der Waals surface area contributed by atoms with Gasteiger partial charge >= 0.3 is 0 Å². The second-order valence-corrected chi connectivity index (χ2v) is 9.07. The fraction of sp³-hybridized carbons (Fsp3) is 0.308. The van der Waals surface area contributed by atoms with E-state index in [2.05, 4.69) is 0 Å². The first-order valence-corrected chi connectivity index (χ1v) is 11.7. The zero-order valence-corrected chi connectivity index (χ0v) is 18.3. The number of ether oxygens (including phenoxy) is 4. The van der Waals surface area contributed by atoms with Crippen molar-refractivity contribution in [1.82, 2.24) is 0 Å². The van der Waals surface area contributed by atoms with Crippen molar-refractivity contribution in [2.24, 2.45) is 0 Å². The molecule has 0 spiro atoms. The molecule has 2 saturated heterocycles. The quantitative estimate of drug-likeness (QED) is 0.594. The molecule has 0 amide bonds. The standard InChI is InChI=1S/C26H26O5S/c27-22-24(28-16-18-10-4-1-5-11-18)23-21(30-26(22)32-20-14-8-3-9-15-20)17-29-25(31-23)19-12-6-2-7-13-19/h1-15,21-27H,16-17H2. The summed E-state index contributed by atoms with van der Waals surface area (Å²) >= 11 is 1.49. The number of thioether (sulfide) groups is 1. The van der Waals surface area contributed by atoms with Crippen LogP contribution in [0.15, 0.2) is 95.9 Å². The maximum atomic E-state index is 11.3. The van der Waals surface area contributed by atoms with Crippen molar-refractivity contribution in [2.75, 3.05) is 6.61 Å². The third-order valence-electron chi connectivity index (χ3n) is 5.66. The van der Waals surface area contributed by atoms with Crippen molar-refractivity contribution in [3.63, 3.8) is 0 Å². The smallest absolute Gasteiger partial charge is 0.184 e. The molecule has 2 heterocycles. The lowest BCUT2D eigenvalue weighted by Crippen LogP contribution is -2.61. The van der Waals surface area contributed by atoms with E-state index in [1.54, 1.807) is 0 Å². The fourth-order valence-corrected chi connectivity index (χ4v) is 5.11. The van der Waals surface area contributed by atoms with Crippen molar-refractivity contribution in [3.05, 3.63) is 102 Å². The van der Waals surface area contributed by atoms with Crippen LogP contribution in [0.25, 0.3) is 0 Å². The summed E-state index contributed by atoms with van der Waals surface area (Å²) < 4.78 is 24.8. The van der Waals surface area contributed by atoms with E-state index in [4.69, 9.17) is 18.9 Å². The highest BCUT2D eigenvalue weighted by Crippen LogP contribution is 2.40. The van der Waals surface area contributed by atoms with Crippen molar-refractivity contribution in [2.45, 2.75) is 47.6 Å². The molecule has 6 atom stereocenters. The van der Waals surface area contributed by atoms with Gasteiger partial charge in [0, 0.05) is 10.5 Å². The normalized spacial score (nSPS) is 29.9. The molecule has 166 valence electrons. The second kappa shape index (κ2) is 10.2. The van der Waals surface area contributed by atoms with Crippen LogP contribution >= 0.6 is 11.8 Å². The summed E-state index contributed by atoms with van der Waals surface area (Å²) in [5, 5.41) is 11.3. The van der Waals surface area contributed by atoms with Crippen LogP contribution in [0.3, 0.4) is 0 Å². The maximum Gasteiger partial charge on any atom is 0.184 e. The Kier molecular flexibility index (Phi) is 6.88. The molecule has 1 N–H and O–H groups in total. The predicted octanol–water partition coefficient (Wildman–Crippen LogP) is 4.56. The van der Waals surface area contributed by atoms with Gasteiger partial charge in [0.1, 0.15) is 29.9 Å². The number of fused-ring (bicyclic) bond motifs is 1. The summed E-state index contributed by atoms with van der Waals surface area (Å²) in [6.07, 6.45) is -2.71. The summed E-state index contributed by atoms with van der Waals surface area (Å²) in [6.45, 7) is 0.753. The lowest BCUT2D eigenvalue weighted by molar-refractivity contribution is -0.325. The lowest BCUT2D eigenvalue weighted by Gasteiger charge is -2.47. The highest BCUT2D eigenvalue weighted by atomic mass is 32.2. The zero-order chi connectivity index (χ0) is 21.8. The van der Waals surface area contributed by atoms with Gasteiger partial charge < -0.3 is 24.1 Å². The van der Waals surface area contributed by atoms with Gasteiger partial charge in [-0.25, -0.2) is 0 Å². The summed E-state index contributed by atoms with van der Waals surface area (Å²) in [5.41, 5.74) is 1.49. The molecule has 6 unspecified atom stereocenters. The Labute approximate surface area is 192 Å². The van der Waals surface area contributed by atoms with E-state index >= 15 is 0 Å². The van der Waals surface area contributed by atoms with Crippen LogP contribution in [-0.2, 0) is 25.6 Å². The molecule has 0 saturated carbocycles. The SMILES string of the molecule is OC1C(Sc2ccccc2)OC2COC(c3ccccc3)OC2C1OCc1ccccc1. The maximum absolute atomic E-state index is 11.3. The molecule has 0 radical (unpaired) electrons. The average molecular weight is 451 g/mol. The predicted molar refractivity (Wildman–Crippen MR) is 122 cm³/mol. The first-order valence-electron chi connectivity index (χ1n) is 10.8.